The number of nitrogens with zero attached hydrogens (tertiary/aromatic N) is 1. The highest BCUT2D eigenvalue weighted by atomic mass is 35.5. The molecule has 6 heteroatoms. The maximum Gasteiger partial charge on any atom is 0.0988 e. The minimum absolute atomic E-state index is 0.210. The molecule has 3 nitrogen and oxygen atoms in total. The van der Waals surface area contributed by atoms with Crippen molar-refractivity contribution in [2.75, 3.05) is 0 Å². The van der Waals surface area contributed by atoms with Gasteiger partial charge in [-0.25, -0.2) is 5.43 Å². The molecule has 0 fully saturated rings. The lowest BCUT2D eigenvalue weighted by molar-refractivity contribution is 0.630. The topological polar surface area (TPSA) is 50.9 Å². The molecule has 0 amide bonds. The number of nitrogens with two attached hydrogens (primary N) is 1. The minimum atomic E-state index is -0.210. The maximum absolute atomic E-state index is 6.12. The highest BCUT2D eigenvalue weighted by molar-refractivity contribution is 7.12. The van der Waals surface area contributed by atoms with Crippen molar-refractivity contribution in [2.24, 2.45) is 5.84 Å². The van der Waals surface area contributed by atoms with E-state index in [1.165, 1.54) is 4.88 Å². The maximum atomic E-state index is 6.12. The van der Waals surface area contributed by atoms with Crippen LogP contribution < -0.4 is 11.3 Å². The Morgan fingerprint density at radius 3 is 2.71 bits per heavy atom. The molecule has 0 aromatic carbocycles. The molecule has 90 valence electrons. The fourth-order valence-electron chi connectivity index (χ4n) is 1.54. The molecular formula is C11H11Cl2N3S. The smallest absolute Gasteiger partial charge is 0.0988 e. The predicted octanol–water partition coefficient (Wildman–Crippen LogP) is 3.31. The quantitative estimate of drug-likeness (QED) is 0.673. The van der Waals surface area contributed by atoms with E-state index in [-0.39, 0.29) is 6.04 Å². The molecule has 1 unspecified atom stereocenters. The van der Waals surface area contributed by atoms with Crippen LogP contribution >= 0.6 is 34.5 Å². The second-order valence-electron chi connectivity index (χ2n) is 3.57. The SMILES string of the molecule is Cc1ccc(C(NN)c2ncc(Cl)cc2Cl)s1. The molecule has 2 heterocycles. The Kier molecular flexibility index (Phi) is 4.01. The number of aromatic nitrogens is 1. The van der Waals surface area contributed by atoms with E-state index in [2.05, 4.69) is 10.4 Å². The van der Waals surface area contributed by atoms with Crippen molar-refractivity contribution in [1.29, 1.82) is 0 Å². The van der Waals surface area contributed by atoms with Gasteiger partial charge in [0.1, 0.15) is 0 Å². The third kappa shape index (κ3) is 2.78. The van der Waals surface area contributed by atoms with Crippen LogP contribution in [0.3, 0.4) is 0 Å². The van der Waals surface area contributed by atoms with Gasteiger partial charge >= 0.3 is 0 Å². The number of nitrogens with one attached hydrogen (secondary N) is 1. The Bertz CT molecular complexity index is 527. The van der Waals surface area contributed by atoms with Crippen molar-refractivity contribution in [3.8, 4) is 0 Å². The molecule has 0 bridgehead atoms. The van der Waals surface area contributed by atoms with Gasteiger partial charge in [-0.1, -0.05) is 23.2 Å². The number of aryl methyl sites for hydroxylation is 1. The summed E-state index contributed by atoms with van der Waals surface area (Å²) in [5.41, 5.74) is 3.41. The Morgan fingerprint density at radius 2 is 2.18 bits per heavy atom. The molecular weight excluding hydrogens is 277 g/mol. The van der Waals surface area contributed by atoms with Crippen LogP contribution in [-0.4, -0.2) is 4.98 Å². The third-order valence-electron chi connectivity index (χ3n) is 2.32. The monoisotopic (exact) mass is 287 g/mol. The van der Waals surface area contributed by atoms with Crippen molar-refractivity contribution in [2.45, 2.75) is 13.0 Å². The summed E-state index contributed by atoms with van der Waals surface area (Å²) in [6.45, 7) is 2.04. The Labute approximate surface area is 114 Å². The van der Waals surface area contributed by atoms with Crippen LogP contribution in [0.4, 0.5) is 0 Å². The van der Waals surface area contributed by atoms with Gasteiger partial charge in [0.25, 0.3) is 0 Å². The molecule has 2 aromatic heterocycles. The summed E-state index contributed by atoms with van der Waals surface area (Å²) in [5.74, 6) is 5.58. The number of thiophene rings is 1. The van der Waals surface area contributed by atoms with Gasteiger partial charge in [0, 0.05) is 16.0 Å². The fraction of sp³-hybridized carbons (Fsp3) is 0.182. The number of hydrogen-bond acceptors (Lipinski definition) is 4. The average molecular weight is 288 g/mol. The minimum Gasteiger partial charge on any atom is -0.270 e. The van der Waals surface area contributed by atoms with Crippen LogP contribution in [0.15, 0.2) is 24.4 Å². The summed E-state index contributed by atoms with van der Waals surface area (Å²) >= 11 is 13.6. The fourth-order valence-corrected chi connectivity index (χ4v) is 2.97. The number of rotatable bonds is 3. The molecule has 2 rings (SSSR count). The summed E-state index contributed by atoms with van der Waals surface area (Å²) in [4.78, 5) is 6.52. The van der Waals surface area contributed by atoms with Crippen molar-refractivity contribution < 1.29 is 0 Å². The van der Waals surface area contributed by atoms with Gasteiger partial charge in [0.05, 0.1) is 21.8 Å². The van der Waals surface area contributed by atoms with Crippen LogP contribution in [0.25, 0.3) is 0 Å². The summed E-state index contributed by atoms with van der Waals surface area (Å²) in [7, 11) is 0. The highest BCUT2D eigenvalue weighted by Crippen LogP contribution is 2.31. The van der Waals surface area contributed by atoms with Gasteiger partial charge in [0.2, 0.25) is 0 Å². The summed E-state index contributed by atoms with van der Waals surface area (Å²) in [6.07, 6.45) is 1.56. The standard InChI is InChI=1S/C11H11Cl2N3S/c1-6-2-3-9(17-6)11(16-14)10-8(13)4-7(12)5-15-10/h2-5,11,16H,14H2,1H3. The Balaban J connectivity index is 2.42. The van der Waals surface area contributed by atoms with E-state index in [0.29, 0.717) is 15.7 Å². The molecule has 0 aliphatic rings. The molecule has 3 N–H and O–H groups in total. The van der Waals surface area contributed by atoms with Crippen LogP contribution in [0.2, 0.25) is 10.0 Å². The molecule has 0 aliphatic heterocycles. The van der Waals surface area contributed by atoms with Crippen molar-refractivity contribution in [3.63, 3.8) is 0 Å². The van der Waals surface area contributed by atoms with E-state index in [0.717, 1.165) is 4.88 Å². The molecule has 1 atom stereocenters. The number of hydrogen-bond donors (Lipinski definition) is 2. The molecule has 0 aliphatic carbocycles. The third-order valence-corrected chi connectivity index (χ3v) is 3.90. The predicted molar refractivity (Wildman–Crippen MR) is 72.5 cm³/mol. The van der Waals surface area contributed by atoms with E-state index in [9.17, 15) is 0 Å². The second kappa shape index (κ2) is 5.33. The molecule has 0 saturated carbocycles. The summed E-state index contributed by atoms with van der Waals surface area (Å²) in [6, 6.07) is 5.50. The second-order valence-corrected chi connectivity index (χ2v) is 5.73. The van der Waals surface area contributed by atoms with Crippen molar-refractivity contribution in [3.05, 3.63) is 49.9 Å². The largest absolute Gasteiger partial charge is 0.270 e. The lowest BCUT2D eigenvalue weighted by atomic mass is 10.1. The molecule has 2 aromatic rings. The van der Waals surface area contributed by atoms with Gasteiger partial charge in [-0.3, -0.25) is 10.8 Å². The van der Waals surface area contributed by atoms with Crippen LogP contribution in [0.1, 0.15) is 21.5 Å². The summed E-state index contributed by atoms with van der Waals surface area (Å²) in [5, 5.41) is 1.02. The van der Waals surface area contributed by atoms with E-state index >= 15 is 0 Å². The average Bonchev–Trinajstić information content (AvgIpc) is 2.69. The lowest BCUT2D eigenvalue weighted by Crippen LogP contribution is -2.29. The highest BCUT2D eigenvalue weighted by Gasteiger charge is 2.18. The first-order valence-electron chi connectivity index (χ1n) is 4.95. The van der Waals surface area contributed by atoms with E-state index < -0.39 is 0 Å². The van der Waals surface area contributed by atoms with Gasteiger partial charge in [-0.05, 0) is 25.1 Å². The Morgan fingerprint density at radius 1 is 1.41 bits per heavy atom. The number of pyridine rings is 1. The van der Waals surface area contributed by atoms with E-state index in [4.69, 9.17) is 29.0 Å². The van der Waals surface area contributed by atoms with E-state index in [1.807, 2.05) is 19.1 Å². The molecule has 17 heavy (non-hydrogen) atoms. The first-order valence-corrected chi connectivity index (χ1v) is 6.52. The van der Waals surface area contributed by atoms with Gasteiger partial charge < -0.3 is 0 Å². The lowest BCUT2D eigenvalue weighted by Gasteiger charge is -2.15. The van der Waals surface area contributed by atoms with Gasteiger partial charge in [-0.2, -0.15) is 0 Å². The van der Waals surface area contributed by atoms with Crippen LogP contribution in [0.5, 0.6) is 0 Å². The van der Waals surface area contributed by atoms with E-state index in [1.54, 1.807) is 23.6 Å². The van der Waals surface area contributed by atoms with Crippen molar-refractivity contribution >= 4 is 34.5 Å². The molecule has 0 radical (unpaired) electrons. The number of halogens is 2. The first-order chi connectivity index (χ1) is 8.11. The van der Waals surface area contributed by atoms with Crippen molar-refractivity contribution in [1.82, 2.24) is 10.4 Å². The molecule has 0 spiro atoms. The Hall–Kier alpha value is -0.650. The van der Waals surface area contributed by atoms with Crippen LogP contribution in [0, 0.1) is 6.92 Å². The zero-order valence-electron chi connectivity index (χ0n) is 9.08. The first kappa shape index (κ1) is 12.8. The zero-order valence-corrected chi connectivity index (χ0v) is 11.4. The van der Waals surface area contributed by atoms with Gasteiger partial charge in [0.15, 0.2) is 0 Å². The number of hydrazine groups is 1. The van der Waals surface area contributed by atoms with Gasteiger partial charge in [-0.15, -0.1) is 11.3 Å². The van der Waals surface area contributed by atoms with Crippen LogP contribution in [-0.2, 0) is 0 Å². The molecule has 0 saturated heterocycles. The zero-order chi connectivity index (χ0) is 12.4. The summed E-state index contributed by atoms with van der Waals surface area (Å²) < 4.78 is 0. The normalized spacial score (nSPS) is 12.7.